The lowest BCUT2D eigenvalue weighted by atomic mass is 10.1. The number of carbonyl (C=O) groups is 1. The molecule has 0 fully saturated rings. The number of nitrogens with zero attached hydrogens (tertiary/aromatic N) is 1. The van der Waals surface area contributed by atoms with E-state index in [0.29, 0.717) is 11.5 Å². The van der Waals surface area contributed by atoms with Gasteiger partial charge in [-0.05, 0) is 29.8 Å². The molecule has 0 aliphatic heterocycles. The highest BCUT2D eigenvalue weighted by Crippen LogP contribution is 2.21. The van der Waals surface area contributed by atoms with Gasteiger partial charge in [-0.3, -0.25) is 4.79 Å². The number of carbonyl (C=O) groups excluding carboxylic acids is 1. The molecule has 0 aliphatic rings. The summed E-state index contributed by atoms with van der Waals surface area (Å²) in [7, 11) is 0. The molecule has 0 aliphatic carbocycles. The molecule has 3 aromatic rings. The van der Waals surface area contributed by atoms with Gasteiger partial charge in [-0.1, -0.05) is 30.3 Å². The Hall–Kier alpha value is -2.40. The lowest BCUT2D eigenvalue weighted by Crippen LogP contribution is -2.27. The highest BCUT2D eigenvalue weighted by molar-refractivity contribution is 7.10. The fourth-order valence-corrected chi connectivity index (χ4v) is 2.96. The van der Waals surface area contributed by atoms with Crippen molar-refractivity contribution in [2.75, 3.05) is 5.73 Å². The third-order valence-corrected chi connectivity index (χ3v) is 4.38. The minimum Gasteiger partial charge on any atom is -0.383 e. The van der Waals surface area contributed by atoms with Gasteiger partial charge in [0.2, 0.25) is 0 Å². The number of hydrogen-bond acceptors (Lipinski definition) is 4. The van der Waals surface area contributed by atoms with Gasteiger partial charge in [-0.15, -0.1) is 11.3 Å². The second kappa shape index (κ2) is 5.54. The number of pyridine rings is 1. The van der Waals surface area contributed by atoms with E-state index in [2.05, 4.69) is 10.3 Å². The van der Waals surface area contributed by atoms with E-state index in [1.165, 1.54) is 0 Å². The van der Waals surface area contributed by atoms with Crippen LogP contribution in [-0.4, -0.2) is 10.9 Å². The molecule has 1 amide bonds. The van der Waals surface area contributed by atoms with Gasteiger partial charge < -0.3 is 11.1 Å². The van der Waals surface area contributed by atoms with Crippen LogP contribution in [0.2, 0.25) is 0 Å². The number of thiophene rings is 1. The van der Waals surface area contributed by atoms with Gasteiger partial charge in [0.05, 0.1) is 6.04 Å². The van der Waals surface area contributed by atoms with Crippen molar-refractivity contribution in [2.45, 2.75) is 13.0 Å². The lowest BCUT2D eigenvalue weighted by molar-refractivity contribution is 0.0936. The first-order chi connectivity index (χ1) is 10.1. The number of rotatable bonds is 3. The Morgan fingerprint density at radius 1 is 1.29 bits per heavy atom. The van der Waals surface area contributed by atoms with Gasteiger partial charge in [0.25, 0.3) is 5.91 Å². The summed E-state index contributed by atoms with van der Waals surface area (Å²) >= 11 is 1.61. The molecule has 21 heavy (non-hydrogen) atoms. The van der Waals surface area contributed by atoms with Crippen molar-refractivity contribution in [3.05, 3.63) is 58.4 Å². The summed E-state index contributed by atoms with van der Waals surface area (Å²) in [6.45, 7) is 1.95. The molecule has 3 N–H and O–H groups in total. The molecule has 0 radical (unpaired) electrons. The normalized spacial score (nSPS) is 12.2. The minimum atomic E-state index is -0.214. The number of hydrogen-bond donors (Lipinski definition) is 2. The maximum absolute atomic E-state index is 12.3. The van der Waals surface area contributed by atoms with E-state index in [1.807, 2.05) is 48.7 Å². The molecule has 106 valence electrons. The standard InChI is InChI=1S/C16H15N3OS/c1-10(14-7-4-8-21-14)18-16(20)13-9-11-5-2-3-6-12(11)15(17)19-13/h2-10H,1H3,(H2,17,19)(H,18,20). The largest absolute Gasteiger partial charge is 0.383 e. The third-order valence-electron chi connectivity index (χ3n) is 3.32. The smallest absolute Gasteiger partial charge is 0.270 e. The molecule has 1 atom stereocenters. The van der Waals surface area contributed by atoms with Gasteiger partial charge in [-0.2, -0.15) is 0 Å². The van der Waals surface area contributed by atoms with Crippen molar-refractivity contribution >= 4 is 33.8 Å². The maximum Gasteiger partial charge on any atom is 0.270 e. The highest BCUT2D eigenvalue weighted by Gasteiger charge is 2.14. The van der Waals surface area contributed by atoms with Crippen LogP contribution in [-0.2, 0) is 0 Å². The number of nitrogen functional groups attached to an aromatic ring is 1. The summed E-state index contributed by atoms with van der Waals surface area (Å²) in [5.41, 5.74) is 6.27. The molecule has 1 aromatic carbocycles. The van der Waals surface area contributed by atoms with Crippen LogP contribution in [0.3, 0.4) is 0 Å². The number of nitrogens with one attached hydrogen (secondary N) is 1. The monoisotopic (exact) mass is 297 g/mol. The average Bonchev–Trinajstić information content (AvgIpc) is 3.01. The summed E-state index contributed by atoms with van der Waals surface area (Å²) in [4.78, 5) is 17.6. The van der Waals surface area contributed by atoms with Crippen molar-refractivity contribution in [3.8, 4) is 0 Å². The van der Waals surface area contributed by atoms with E-state index in [-0.39, 0.29) is 11.9 Å². The lowest BCUT2D eigenvalue weighted by Gasteiger charge is -2.12. The first kappa shape index (κ1) is 13.6. The van der Waals surface area contributed by atoms with Crippen LogP contribution in [0.25, 0.3) is 10.8 Å². The molecular formula is C16H15N3OS. The van der Waals surface area contributed by atoms with Crippen LogP contribution in [0.5, 0.6) is 0 Å². The van der Waals surface area contributed by atoms with Gasteiger partial charge in [0.15, 0.2) is 0 Å². The zero-order valence-electron chi connectivity index (χ0n) is 11.5. The van der Waals surface area contributed by atoms with Crippen molar-refractivity contribution in [2.24, 2.45) is 0 Å². The van der Waals surface area contributed by atoms with E-state index < -0.39 is 0 Å². The average molecular weight is 297 g/mol. The summed E-state index contributed by atoms with van der Waals surface area (Å²) < 4.78 is 0. The zero-order valence-corrected chi connectivity index (χ0v) is 12.4. The Bertz CT molecular complexity index is 783. The number of aromatic nitrogens is 1. The summed E-state index contributed by atoms with van der Waals surface area (Å²) in [6, 6.07) is 13.3. The number of amides is 1. The van der Waals surface area contributed by atoms with Gasteiger partial charge in [0, 0.05) is 10.3 Å². The zero-order chi connectivity index (χ0) is 14.8. The van der Waals surface area contributed by atoms with Crippen molar-refractivity contribution < 1.29 is 4.79 Å². The van der Waals surface area contributed by atoms with Crippen LogP contribution >= 0.6 is 11.3 Å². The first-order valence-corrected chi connectivity index (χ1v) is 7.52. The Morgan fingerprint density at radius 2 is 2.10 bits per heavy atom. The van der Waals surface area contributed by atoms with Crippen LogP contribution in [0, 0.1) is 0 Å². The minimum absolute atomic E-state index is 0.0491. The first-order valence-electron chi connectivity index (χ1n) is 6.64. The number of anilines is 1. The van der Waals surface area contributed by atoms with E-state index >= 15 is 0 Å². The SMILES string of the molecule is CC(NC(=O)c1cc2ccccc2c(N)n1)c1cccs1. The molecule has 0 spiro atoms. The van der Waals surface area contributed by atoms with E-state index in [4.69, 9.17) is 5.73 Å². The molecule has 3 rings (SSSR count). The van der Waals surface area contributed by atoms with Gasteiger partial charge >= 0.3 is 0 Å². The quantitative estimate of drug-likeness (QED) is 0.779. The van der Waals surface area contributed by atoms with Crippen molar-refractivity contribution in [1.29, 1.82) is 0 Å². The second-order valence-corrected chi connectivity index (χ2v) is 5.80. The van der Waals surface area contributed by atoms with Crippen LogP contribution in [0.15, 0.2) is 47.8 Å². The number of nitrogens with two attached hydrogens (primary N) is 1. The fraction of sp³-hybridized carbons (Fsp3) is 0.125. The van der Waals surface area contributed by atoms with Gasteiger partial charge in [-0.25, -0.2) is 4.98 Å². The van der Waals surface area contributed by atoms with E-state index in [1.54, 1.807) is 17.4 Å². The van der Waals surface area contributed by atoms with Crippen molar-refractivity contribution in [3.63, 3.8) is 0 Å². The number of fused-ring (bicyclic) bond motifs is 1. The summed E-state index contributed by atoms with van der Waals surface area (Å²) in [5.74, 6) is 0.162. The predicted molar refractivity (Wildman–Crippen MR) is 86.4 cm³/mol. The molecule has 0 saturated heterocycles. The van der Waals surface area contributed by atoms with Crippen LogP contribution in [0.1, 0.15) is 28.3 Å². The predicted octanol–water partition coefficient (Wildman–Crippen LogP) is 3.37. The van der Waals surface area contributed by atoms with Gasteiger partial charge in [0.1, 0.15) is 11.5 Å². The summed E-state index contributed by atoms with van der Waals surface area (Å²) in [6.07, 6.45) is 0. The fourth-order valence-electron chi connectivity index (χ4n) is 2.22. The van der Waals surface area contributed by atoms with E-state index in [0.717, 1.165) is 15.6 Å². The highest BCUT2D eigenvalue weighted by atomic mass is 32.1. The Morgan fingerprint density at radius 3 is 2.86 bits per heavy atom. The Kier molecular flexibility index (Phi) is 3.58. The maximum atomic E-state index is 12.3. The Labute approximate surface area is 126 Å². The van der Waals surface area contributed by atoms with E-state index in [9.17, 15) is 4.79 Å². The summed E-state index contributed by atoms with van der Waals surface area (Å²) in [5, 5.41) is 6.71. The molecule has 4 nitrogen and oxygen atoms in total. The molecular weight excluding hydrogens is 282 g/mol. The topological polar surface area (TPSA) is 68.0 Å². The molecule has 1 unspecified atom stereocenters. The molecule has 2 aromatic heterocycles. The molecule has 5 heteroatoms. The number of benzene rings is 1. The molecule has 0 saturated carbocycles. The van der Waals surface area contributed by atoms with Crippen LogP contribution in [0.4, 0.5) is 5.82 Å². The van der Waals surface area contributed by atoms with Crippen LogP contribution < -0.4 is 11.1 Å². The molecule has 2 heterocycles. The second-order valence-electron chi connectivity index (χ2n) is 4.82. The van der Waals surface area contributed by atoms with Crippen molar-refractivity contribution in [1.82, 2.24) is 10.3 Å². The third kappa shape index (κ3) is 2.73. The molecule has 0 bridgehead atoms. The Balaban J connectivity index is 1.88.